The molecule has 0 spiro atoms. The van der Waals surface area contributed by atoms with E-state index in [9.17, 15) is 0 Å². The Morgan fingerprint density at radius 3 is 2.18 bits per heavy atom. The SMILES string of the molecule is CC(c1ccc(-c2ccc(N(C)C)nn2)cc1)N1CCCC1. The Bertz CT molecular complexity index is 598. The van der Waals surface area contributed by atoms with E-state index in [0.29, 0.717) is 6.04 Å². The normalized spacial score (nSPS) is 16.7. The lowest BCUT2D eigenvalue weighted by Crippen LogP contribution is -2.23. The topological polar surface area (TPSA) is 32.3 Å². The van der Waals surface area contributed by atoms with E-state index in [1.165, 1.54) is 31.5 Å². The molecule has 1 aromatic heterocycles. The highest BCUT2D eigenvalue weighted by molar-refractivity contribution is 5.60. The number of anilines is 1. The zero-order valence-corrected chi connectivity index (χ0v) is 13.7. The molecule has 0 saturated carbocycles. The van der Waals surface area contributed by atoms with Crippen LogP contribution in [0.2, 0.25) is 0 Å². The Morgan fingerprint density at radius 1 is 0.955 bits per heavy atom. The van der Waals surface area contributed by atoms with Crippen LogP contribution >= 0.6 is 0 Å². The Kier molecular flexibility index (Phi) is 4.39. The van der Waals surface area contributed by atoms with E-state index in [0.717, 1.165) is 17.1 Å². The number of likely N-dealkylation sites (tertiary alicyclic amines) is 1. The van der Waals surface area contributed by atoms with Gasteiger partial charge < -0.3 is 4.90 Å². The summed E-state index contributed by atoms with van der Waals surface area (Å²) in [5.41, 5.74) is 3.42. The first-order chi connectivity index (χ1) is 10.6. The summed E-state index contributed by atoms with van der Waals surface area (Å²) in [6, 6.07) is 13.3. The predicted octanol–water partition coefficient (Wildman–Crippen LogP) is 3.37. The van der Waals surface area contributed by atoms with Gasteiger partial charge >= 0.3 is 0 Å². The lowest BCUT2D eigenvalue weighted by molar-refractivity contribution is 0.263. The van der Waals surface area contributed by atoms with Crippen molar-refractivity contribution in [3.63, 3.8) is 0 Å². The van der Waals surface area contributed by atoms with Gasteiger partial charge in [-0.15, -0.1) is 10.2 Å². The largest absolute Gasteiger partial charge is 0.361 e. The van der Waals surface area contributed by atoms with Crippen molar-refractivity contribution in [2.75, 3.05) is 32.1 Å². The molecule has 4 heteroatoms. The molecule has 0 bridgehead atoms. The van der Waals surface area contributed by atoms with Gasteiger partial charge in [0.15, 0.2) is 5.82 Å². The summed E-state index contributed by atoms with van der Waals surface area (Å²) < 4.78 is 0. The summed E-state index contributed by atoms with van der Waals surface area (Å²) >= 11 is 0. The van der Waals surface area contributed by atoms with Crippen molar-refractivity contribution in [2.45, 2.75) is 25.8 Å². The van der Waals surface area contributed by atoms with Crippen LogP contribution in [0.25, 0.3) is 11.3 Å². The van der Waals surface area contributed by atoms with Crippen molar-refractivity contribution in [3.05, 3.63) is 42.0 Å². The van der Waals surface area contributed by atoms with E-state index in [4.69, 9.17) is 0 Å². The number of benzene rings is 1. The number of hydrogen-bond acceptors (Lipinski definition) is 4. The third-order valence-electron chi connectivity index (χ3n) is 4.49. The van der Waals surface area contributed by atoms with E-state index >= 15 is 0 Å². The third kappa shape index (κ3) is 3.12. The van der Waals surface area contributed by atoms with Gasteiger partial charge in [-0.05, 0) is 50.6 Å². The maximum atomic E-state index is 4.32. The molecule has 0 radical (unpaired) electrons. The molecule has 1 fully saturated rings. The Morgan fingerprint density at radius 2 is 1.64 bits per heavy atom. The van der Waals surface area contributed by atoms with Gasteiger partial charge in [-0.3, -0.25) is 4.90 Å². The summed E-state index contributed by atoms with van der Waals surface area (Å²) in [6.07, 6.45) is 2.66. The van der Waals surface area contributed by atoms with Crippen molar-refractivity contribution >= 4 is 5.82 Å². The highest BCUT2D eigenvalue weighted by Crippen LogP contribution is 2.26. The van der Waals surface area contributed by atoms with Crippen LogP contribution in [0, 0.1) is 0 Å². The van der Waals surface area contributed by atoms with Crippen molar-refractivity contribution in [1.82, 2.24) is 15.1 Å². The monoisotopic (exact) mass is 296 g/mol. The van der Waals surface area contributed by atoms with Gasteiger partial charge in [0, 0.05) is 25.7 Å². The zero-order valence-electron chi connectivity index (χ0n) is 13.7. The van der Waals surface area contributed by atoms with Gasteiger partial charge in [0.05, 0.1) is 5.69 Å². The fourth-order valence-electron chi connectivity index (χ4n) is 2.99. The van der Waals surface area contributed by atoms with Gasteiger partial charge in [-0.25, -0.2) is 0 Å². The second kappa shape index (κ2) is 6.44. The van der Waals surface area contributed by atoms with Crippen LogP contribution in [0.1, 0.15) is 31.4 Å². The maximum Gasteiger partial charge on any atom is 0.150 e. The molecule has 4 nitrogen and oxygen atoms in total. The van der Waals surface area contributed by atoms with Gasteiger partial charge in [0.25, 0.3) is 0 Å². The third-order valence-corrected chi connectivity index (χ3v) is 4.49. The highest BCUT2D eigenvalue weighted by atomic mass is 15.2. The molecule has 2 heterocycles. The van der Waals surface area contributed by atoms with Crippen molar-refractivity contribution in [1.29, 1.82) is 0 Å². The Labute approximate surface area is 132 Å². The average molecular weight is 296 g/mol. The lowest BCUT2D eigenvalue weighted by Gasteiger charge is -2.24. The average Bonchev–Trinajstić information content (AvgIpc) is 3.09. The van der Waals surface area contributed by atoms with Gasteiger partial charge in [-0.2, -0.15) is 0 Å². The standard InChI is InChI=1S/C18H24N4/c1-14(22-12-4-5-13-22)15-6-8-16(9-7-15)17-10-11-18(20-19-17)21(2)3/h6-11,14H,4-5,12-13H2,1-3H3. The highest BCUT2D eigenvalue weighted by Gasteiger charge is 2.19. The molecule has 0 aliphatic carbocycles. The first kappa shape index (κ1) is 15.0. The lowest BCUT2D eigenvalue weighted by atomic mass is 10.0. The molecule has 1 saturated heterocycles. The smallest absolute Gasteiger partial charge is 0.150 e. The number of aromatic nitrogens is 2. The molecule has 1 aliphatic heterocycles. The second-order valence-electron chi connectivity index (χ2n) is 6.21. The fraction of sp³-hybridized carbons (Fsp3) is 0.444. The van der Waals surface area contributed by atoms with E-state index < -0.39 is 0 Å². The maximum absolute atomic E-state index is 4.32. The van der Waals surface area contributed by atoms with Crippen molar-refractivity contribution in [2.24, 2.45) is 0 Å². The summed E-state index contributed by atoms with van der Waals surface area (Å²) in [5.74, 6) is 0.878. The number of rotatable bonds is 4. The summed E-state index contributed by atoms with van der Waals surface area (Å²) in [7, 11) is 3.94. The predicted molar refractivity (Wildman–Crippen MR) is 91.0 cm³/mol. The Balaban J connectivity index is 1.75. The van der Waals surface area contributed by atoms with E-state index in [2.05, 4.69) is 46.3 Å². The molecule has 1 aliphatic rings. The van der Waals surface area contributed by atoms with E-state index in [-0.39, 0.29) is 0 Å². The minimum Gasteiger partial charge on any atom is -0.361 e. The van der Waals surface area contributed by atoms with E-state index in [1.807, 2.05) is 31.1 Å². The van der Waals surface area contributed by atoms with Crippen molar-refractivity contribution in [3.8, 4) is 11.3 Å². The molecule has 22 heavy (non-hydrogen) atoms. The number of hydrogen-bond donors (Lipinski definition) is 0. The van der Waals surface area contributed by atoms with Crippen LogP contribution in [-0.4, -0.2) is 42.3 Å². The van der Waals surface area contributed by atoms with Crippen LogP contribution in [-0.2, 0) is 0 Å². The van der Waals surface area contributed by atoms with Crippen LogP contribution in [0.5, 0.6) is 0 Å². The molecular formula is C18H24N4. The van der Waals surface area contributed by atoms with E-state index in [1.54, 1.807) is 0 Å². The summed E-state index contributed by atoms with van der Waals surface area (Å²) in [6.45, 7) is 4.74. The first-order valence-electron chi connectivity index (χ1n) is 8.00. The first-order valence-corrected chi connectivity index (χ1v) is 8.00. The fourth-order valence-corrected chi connectivity index (χ4v) is 2.99. The minimum absolute atomic E-state index is 0.499. The molecule has 0 amide bonds. The molecule has 2 aromatic rings. The quantitative estimate of drug-likeness (QED) is 0.866. The molecule has 3 rings (SSSR count). The zero-order chi connectivity index (χ0) is 15.5. The summed E-state index contributed by atoms with van der Waals surface area (Å²) in [5, 5.41) is 8.56. The molecule has 1 unspecified atom stereocenters. The molecule has 0 N–H and O–H groups in total. The Hall–Kier alpha value is -1.94. The second-order valence-corrected chi connectivity index (χ2v) is 6.21. The number of nitrogens with zero attached hydrogens (tertiary/aromatic N) is 4. The van der Waals surface area contributed by atoms with Crippen molar-refractivity contribution < 1.29 is 0 Å². The van der Waals surface area contributed by atoms with Gasteiger partial charge in [0.2, 0.25) is 0 Å². The molecular weight excluding hydrogens is 272 g/mol. The molecule has 1 atom stereocenters. The van der Waals surface area contributed by atoms with Crippen LogP contribution in [0.15, 0.2) is 36.4 Å². The van der Waals surface area contributed by atoms with Crippen LogP contribution < -0.4 is 4.90 Å². The van der Waals surface area contributed by atoms with Crippen LogP contribution in [0.3, 0.4) is 0 Å². The van der Waals surface area contributed by atoms with Crippen LogP contribution in [0.4, 0.5) is 5.82 Å². The van der Waals surface area contributed by atoms with Gasteiger partial charge in [-0.1, -0.05) is 24.3 Å². The molecule has 116 valence electrons. The molecule has 1 aromatic carbocycles. The van der Waals surface area contributed by atoms with Gasteiger partial charge in [0.1, 0.15) is 0 Å². The summed E-state index contributed by atoms with van der Waals surface area (Å²) in [4.78, 5) is 4.51. The minimum atomic E-state index is 0.499.